The van der Waals surface area contributed by atoms with Crippen LogP contribution in [0.5, 0.6) is 0 Å². The zero-order chi connectivity index (χ0) is 23.9. The number of aromatic nitrogens is 3. The standard InChI is InChI=1S/C23H19F3N4O3/c1-14-12-18-20(28(14)2)21(32)30(15-8-4-3-5-9-15)22(33)29(18)13-19(31)27-17-11-7-6-10-16(17)23(24,25)26/h3-12H,13H2,1-2H3,(H,27,31). The van der Waals surface area contributed by atoms with Gasteiger partial charge in [0.15, 0.2) is 0 Å². The summed E-state index contributed by atoms with van der Waals surface area (Å²) in [5, 5.41) is 2.24. The lowest BCUT2D eigenvalue weighted by Crippen LogP contribution is -2.41. The molecule has 0 spiro atoms. The van der Waals surface area contributed by atoms with E-state index in [1.54, 1.807) is 54.9 Å². The number of halogens is 3. The minimum Gasteiger partial charge on any atom is -0.342 e. The number of alkyl halides is 3. The summed E-state index contributed by atoms with van der Waals surface area (Å²) in [6, 6.07) is 14.4. The van der Waals surface area contributed by atoms with E-state index in [9.17, 15) is 27.6 Å². The highest BCUT2D eigenvalue weighted by atomic mass is 19.4. The van der Waals surface area contributed by atoms with E-state index in [0.29, 0.717) is 11.4 Å². The van der Waals surface area contributed by atoms with E-state index >= 15 is 0 Å². The molecule has 0 atom stereocenters. The number of rotatable bonds is 4. The first-order valence-electron chi connectivity index (χ1n) is 9.93. The number of hydrogen-bond acceptors (Lipinski definition) is 3. The Balaban J connectivity index is 1.84. The molecule has 0 aliphatic rings. The van der Waals surface area contributed by atoms with E-state index < -0.39 is 41.1 Å². The SMILES string of the molecule is Cc1cc2c(c(=O)n(-c3ccccc3)c(=O)n2CC(=O)Nc2ccccc2C(F)(F)F)n1C. The molecule has 0 aliphatic carbocycles. The molecular weight excluding hydrogens is 437 g/mol. The van der Waals surface area contributed by atoms with Crippen molar-refractivity contribution in [3.63, 3.8) is 0 Å². The van der Waals surface area contributed by atoms with Crippen molar-refractivity contribution >= 4 is 22.6 Å². The number of aryl methyl sites for hydroxylation is 2. The summed E-state index contributed by atoms with van der Waals surface area (Å²) < 4.78 is 43.5. The normalized spacial score (nSPS) is 11.7. The predicted octanol–water partition coefficient (Wildman–Crippen LogP) is 3.46. The highest BCUT2D eigenvalue weighted by Gasteiger charge is 2.33. The molecule has 0 radical (unpaired) electrons. The van der Waals surface area contributed by atoms with Crippen molar-refractivity contribution in [1.29, 1.82) is 0 Å². The van der Waals surface area contributed by atoms with Crippen LogP contribution in [0.2, 0.25) is 0 Å². The number of para-hydroxylation sites is 2. The van der Waals surface area contributed by atoms with Crippen molar-refractivity contribution in [1.82, 2.24) is 13.7 Å². The second-order valence-electron chi connectivity index (χ2n) is 7.51. The van der Waals surface area contributed by atoms with E-state index in [1.165, 1.54) is 12.1 Å². The van der Waals surface area contributed by atoms with Gasteiger partial charge in [0.05, 0.1) is 22.5 Å². The van der Waals surface area contributed by atoms with Crippen LogP contribution in [0, 0.1) is 6.92 Å². The second-order valence-corrected chi connectivity index (χ2v) is 7.51. The first kappa shape index (κ1) is 22.1. The molecule has 4 aromatic rings. The van der Waals surface area contributed by atoms with Crippen LogP contribution in [0.15, 0.2) is 70.3 Å². The lowest BCUT2D eigenvalue weighted by Gasteiger charge is -2.15. The molecule has 33 heavy (non-hydrogen) atoms. The van der Waals surface area contributed by atoms with Crippen LogP contribution in [0.1, 0.15) is 11.3 Å². The van der Waals surface area contributed by atoms with Crippen molar-refractivity contribution in [2.75, 3.05) is 5.32 Å². The summed E-state index contributed by atoms with van der Waals surface area (Å²) in [6.45, 7) is 1.15. The summed E-state index contributed by atoms with van der Waals surface area (Å²) in [5.74, 6) is -0.838. The third kappa shape index (κ3) is 3.95. The number of hydrogen-bond donors (Lipinski definition) is 1. The van der Waals surface area contributed by atoms with Gasteiger partial charge in [-0.05, 0) is 37.3 Å². The molecule has 0 saturated carbocycles. The molecule has 2 heterocycles. The Morgan fingerprint density at radius 1 is 1.00 bits per heavy atom. The molecule has 1 N–H and O–H groups in total. The molecule has 0 fully saturated rings. The third-order valence-electron chi connectivity index (χ3n) is 5.39. The molecule has 7 nitrogen and oxygen atoms in total. The fourth-order valence-corrected chi connectivity index (χ4v) is 3.72. The topological polar surface area (TPSA) is 78.0 Å². The number of carbonyl (C=O) groups excluding carboxylic acids is 1. The molecule has 1 amide bonds. The van der Waals surface area contributed by atoms with Crippen LogP contribution in [0.25, 0.3) is 16.7 Å². The number of nitrogens with one attached hydrogen (secondary N) is 1. The first-order chi connectivity index (χ1) is 15.6. The van der Waals surface area contributed by atoms with Gasteiger partial charge in [0.25, 0.3) is 5.56 Å². The van der Waals surface area contributed by atoms with Crippen molar-refractivity contribution in [3.05, 3.63) is 92.8 Å². The van der Waals surface area contributed by atoms with Crippen molar-refractivity contribution < 1.29 is 18.0 Å². The largest absolute Gasteiger partial charge is 0.418 e. The average molecular weight is 456 g/mol. The molecule has 0 bridgehead atoms. The Kier molecular flexibility index (Phi) is 5.44. The molecule has 2 aromatic heterocycles. The van der Waals surface area contributed by atoms with Crippen molar-refractivity contribution in [2.45, 2.75) is 19.6 Å². The van der Waals surface area contributed by atoms with Crippen molar-refractivity contribution in [3.8, 4) is 5.69 Å². The first-order valence-corrected chi connectivity index (χ1v) is 9.93. The fourth-order valence-electron chi connectivity index (χ4n) is 3.72. The lowest BCUT2D eigenvalue weighted by molar-refractivity contribution is -0.137. The molecule has 0 aliphatic heterocycles. The van der Waals surface area contributed by atoms with Crippen LogP contribution >= 0.6 is 0 Å². The maximum atomic E-state index is 13.3. The number of nitrogens with zero attached hydrogens (tertiary/aromatic N) is 3. The van der Waals surface area contributed by atoms with Gasteiger partial charge in [-0.1, -0.05) is 30.3 Å². The monoisotopic (exact) mass is 456 g/mol. The van der Waals surface area contributed by atoms with Gasteiger partial charge in [0.2, 0.25) is 5.91 Å². The summed E-state index contributed by atoms with van der Waals surface area (Å²) >= 11 is 0. The minimum absolute atomic E-state index is 0.194. The maximum absolute atomic E-state index is 13.3. The quantitative estimate of drug-likeness (QED) is 0.511. The van der Waals surface area contributed by atoms with E-state index in [2.05, 4.69) is 5.32 Å². The number of amides is 1. The van der Waals surface area contributed by atoms with Crippen LogP contribution < -0.4 is 16.6 Å². The maximum Gasteiger partial charge on any atom is 0.418 e. The number of fused-ring (bicyclic) bond motifs is 1. The highest BCUT2D eigenvalue weighted by Crippen LogP contribution is 2.34. The summed E-state index contributed by atoms with van der Waals surface area (Å²) in [6.07, 6.45) is -4.66. The Labute approximate surface area is 185 Å². The Morgan fingerprint density at radius 3 is 2.30 bits per heavy atom. The van der Waals surface area contributed by atoms with Crippen LogP contribution in [-0.4, -0.2) is 19.6 Å². The van der Waals surface area contributed by atoms with Crippen molar-refractivity contribution in [2.24, 2.45) is 7.05 Å². The van der Waals surface area contributed by atoms with Crippen LogP contribution in [0.4, 0.5) is 18.9 Å². The zero-order valence-electron chi connectivity index (χ0n) is 17.7. The van der Waals surface area contributed by atoms with Gasteiger partial charge in [-0.15, -0.1) is 0 Å². The Hall–Kier alpha value is -4.08. The number of anilines is 1. The molecule has 10 heteroatoms. The smallest absolute Gasteiger partial charge is 0.342 e. The van der Waals surface area contributed by atoms with E-state index in [-0.39, 0.29) is 11.0 Å². The molecule has 0 unspecified atom stereocenters. The highest BCUT2D eigenvalue weighted by molar-refractivity contribution is 5.92. The predicted molar refractivity (Wildman–Crippen MR) is 118 cm³/mol. The van der Waals surface area contributed by atoms with Crippen LogP contribution in [0.3, 0.4) is 0 Å². The van der Waals surface area contributed by atoms with Gasteiger partial charge in [-0.2, -0.15) is 13.2 Å². The van der Waals surface area contributed by atoms with Gasteiger partial charge >= 0.3 is 11.9 Å². The van der Waals surface area contributed by atoms with E-state index in [1.807, 2.05) is 0 Å². The average Bonchev–Trinajstić information content (AvgIpc) is 3.06. The molecule has 4 rings (SSSR count). The molecule has 2 aromatic carbocycles. The number of benzene rings is 2. The Morgan fingerprint density at radius 2 is 1.64 bits per heavy atom. The third-order valence-corrected chi connectivity index (χ3v) is 5.39. The van der Waals surface area contributed by atoms with Gasteiger partial charge in [0, 0.05) is 12.7 Å². The summed E-state index contributed by atoms with van der Waals surface area (Å²) in [4.78, 5) is 39.2. The minimum atomic E-state index is -4.66. The van der Waals surface area contributed by atoms with Gasteiger partial charge in [-0.25, -0.2) is 9.36 Å². The van der Waals surface area contributed by atoms with E-state index in [0.717, 1.165) is 21.3 Å². The summed E-state index contributed by atoms with van der Waals surface area (Å²) in [7, 11) is 1.66. The van der Waals surface area contributed by atoms with Gasteiger partial charge in [-0.3, -0.25) is 14.2 Å². The summed E-state index contributed by atoms with van der Waals surface area (Å²) in [5.41, 5.74) is -1.36. The fraction of sp³-hybridized carbons (Fsp3) is 0.174. The van der Waals surface area contributed by atoms with Gasteiger partial charge in [0.1, 0.15) is 12.1 Å². The zero-order valence-corrected chi connectivity index (χ0v) is 17.7. The Bertz CT molecular complexity index is 1480. The van der Waals surface area contributed by atoms with Crippen LogP contribution in [-0.2, 0) is 24.6 Å². The molecule has 170 valence electrons. The lowest BCUT2D eigenvalue weighted by atomic mass is 10.1. The second kappa shape index (κ2) is 8.12. The van der Waals surface area contributed by atoms with Gasteiger partial charge < -0.3 is 9.88 Å². The number of carbonyl (C=O) groups is 1. The van der Waals surface area contributed by atoms with E-state index in [4.69, 9.17) is 0 Å². The molecule has 0 saturated heterocycles. The molecular formula is C23H19F3N4O3.